The number of hydrogen-bond donors (Lipinski definition) is 5. The Balaban J connectivity index is 1.56. The number of H-pyrrole nitrogens is 1. The van der Waals surface area contributed by atoms with Crippen molar-refractivity contribution in [3.05, 3.63) is 74.8 Å². The molecular formula is C34H42FN7O10. The van der Waals surface area contributed by atoms with E-state index in [1.54, 1.807) is 18.8 Å². The SMILES string of the molecule is CC(C)[C@H](NC(=O)CCCCCN1C(=O)C=CC1=O)C(=O)C[C@@H](CCCNC(N)=O)C(=O)Nc1ccc(COC(=O)n2cc(F)c(=O)[nH]c2=O)cc1. The molecule has 2 aromatic rings. The van der Waals surface area contributed by atoms with Gasteiger partial charge in [-0.1, -0.05) is 32.4 Å². The molecule has 6 amide bonds. The van der Waals surface area contributed by atoms with Gasteiger partial charge in [0.25, 0.3) is 17.4 Å². The number of imide groups is 1. The molecule has 2 heterocycles. The van der Waals surface area contributed by atoms with Crippen LogP contribution in [-0.2, 0) is 35.3 Å². The van der Waals surface area contributed by atoms with Crippen LogP contribution in [0.4, 0.5) is 19.7 Å². The molecule has 3 rings (SSSR count). The molecule has 6 N–H and O–H groups in total. The molecule has 1 aliphatic heterocycles. The first kappa shape index (κ1) is 40.5. The molecule has 17 nitrogen and oxygen atoms in total. The van der Waals surface area contributed by atoms with Crippen molar-refractivity contribution in [2.24, 2.45) is 17.6 Å². The number of unbranched alkanes of at least 4 members (excludes halogenated alkanes) is 2. The van der Waals surface area contributed by atoms with Crippen molar-refractivity contribution in [1.29, 1.82) is 0 Å². The Hall–Kier alpha value is -5.94. The van der Waals surface area contributed by atoms with Gasteiger partial charge in [-0.2, -0.15) is 4.39 Å². The molecule has 0 saturated heterocycles. The highest BCUT2D eigenvalue weighted by molar-refractivity contribution is 6.12. The second kappa shape index (κ2) is 19.5. The van der Waals surface area contributed by atoms with Crippen LogP contribution >= 0.6 is 0 Å². The average molecular weight is 728 g/mol. The summed E-state index contributed by atoms with van der Waals surface area (Å²) in [7, 11) is 0. The van der Waals surface area contributed by atoms with Crippen molar-refractivity contribution >= 4 is 47.2 Å². The molecule has 0 spiro atoms. The lowest BCUT2D eigenvalue weighted by Gasteiger charge is -2.24. The largest absolute Gasteiger partial charge is 0.444 e. The summed E-state index contributed by atoms with van der Waals surface area (Å²) in [4.78, 5) is 112. The molecule has 0 aliphatic carbocycles. The van der Waals surface area contributed by atoms with E-state index in [2.05, 4.69) is 16.0 Å². The van der Waals surface area contributed by atoms with Crippen LogP contribution in [0.1, 0.15) is 64.4 Å². The van der Waals surface area contributed by atoms with Gasteiger partial charge in [-0.25, -0.2) is 19.0 Å². The fourth-order valence-corrected chi connectivity index (χ4v) is 5.23. The number of ether oxygens (including phenoxy) is 1. The number of halogens is 1. The van der Waals surface area contributed by atoms with Crippen molar-refractivity contribution in [2.45, 2.75) is 71.4 Å². The number of aromatic amines is 1. The predicted molar refractivity (Wildman–Crippen MR) is 183 cm³/mol. The van der Waals surface area contributed by atoms with E-state index in [4.69, 9.17) is 10.5 Å². The zero-order valence-corrected chi connectivity index (χ0v) is 28.8. The van der Waals surface area contributed by atoms with Crippen molar-refractivity contribution in [3.63, 3.8) is 0 Å². The van der Waals surface area contributed by atoms with Crippen molar-refractivity contribution in [3.8, 4) is 0 Å². The molecule has 280 valence electrons. The molecule has 1 aromatic carbocycles. The third-order valence-electron chi connectivity index (χ3n) is 8.04. The second-order valence-corrected chi connectivity index (χ2v) is 12.4. The summed E-state index contributed by atoms with van der Waals surface area (Å²) in [5, 5.41) is 7.95. The van der Waals surface area contributed by atoms with Crippen molar-refractivity contribution in [1.82, 2.24) is 25.1 Å². The normalized spacial score (nSPS) is 13.5. The Bertz CT molecular complexity index is 1780. The monoisotopic (exact) mass is 727 g/mol. The molecule has 0 fully saturated rings. The zero-order valence-electron chi connectivity index (χ0n) is 28.8. The smallest absolute Gasteiger partial charge is 0.422 e. The molecule has 52 heavy (non-hydrogen) atoms. The van der Waals surface area contributed by atoms with Crippen LogP contribution in [0.2, 0.25) is 0 Å². The van der Waals surface area contributed by atoms with Crippen LogP contribution in [0.5, 0.6) is 0 Å². The molecule has 0 bridgehead atoms. The van der Waals surface area contributed by atoms with Gasteiger partial charge in [0.1, 0.15) is 6.61 Å². The molecular weight excluding hydrogens is 685 g/mol. The van der Waals surface area contributed by atoms with Gasteiger partial charge in [0.05, 0.1) is 12.2 Å². The van der Waals surface area contributed by atoms with Gasteiger partial charge in [-0.05, 0) is 49.3 Å². The highest BCUT2D eigenvalue weighted by Crippen LogP contribution is 2.20. The van der Waals surface area contributed by atoms with E-state index in [0.29, 0.717) is 43.1 Å². The number of rotatable bonds is 19. The van der Waals surface area contributed by atoms with E-state index in [1.807, 2.05) is 0 Å². The molecule has 0 radical (unpaired) electrons. The maximum atomic E-state index is 13.5. The number of nitrogens with one attached hydrogen (secondary N) is 4. The quantitative estimate of drug-likeness (QED) is 0.103. The average Bonchev–Trinajstić information content (AvgIpc) is 3.41. The summed E-state index contributed by atoms with van der Waals surface area (Å²) >= 11 is 0. The molecule has 1 aromatic heterocycles. The topological polar surface area (TPSA) is 249 Å². The third kappa shape index (κ3) is 12.4. The van der Waals surface area contributed by atoms with Gasteiger partial charge in [0.15, 0.2) is 5.78 Å². The van der Waals surface area contributed by atoms with Crippen molar-refractivity contribution < 1.29 is 42.7 Å². The highest BCUT2D eigenvalue weighted by Gasteiger charge is 2.29. The number of urea groups is 1. The Morgan fingerprint density at radius 2 is 1.62 bits per heavy atom. The van der Waals surface area contributed by atoms with Crippen LogP contribution < -0.4 is 32.9 Å². The summed E-state index contributed by atoms with van der Waals surface area (Å²) < 4.78 is 18.8. The lowest BCUT2D eigenvalue weighted by Crippen LogP contribution is -2.45. The van der Waals surface area contributed by atoms with Crippen LogP contribution in [0.15, 0.2) is 52.2 Å². The van der Waals surface area contributed by atoms with E-state index in [1.165, 1.54) is 36.4 Å². The Kier molecular flexibility index (Phi) is 15.1. The van der Waals surface area contributed by atoms with Gasteiger partial charge in [0.2, 0.25) is 17.6 Å². The number of carbonyl (C=O) groups excluding carboxylic acids is 7. The number of amides is 6. The van der Waals surface area contributed by atoms with Crippen LogP contribution in [0, 0.1) is 17.7 Å². The summed E-state index contributed by atoms with van der Waals surface area (Å²) in [6.07, 6.45) is 3.63. The summed E-state index contributed by atoms with van der Waals surface area (Å²) in [6.45, 7) is 3.62. The zero-order chi connectivity index (χ0) is 38.4. The predicted octanol–water partition coefficient (Wildman–Crippen LogP) is 1.45. The van der Waals surface area contributed by atoms with Gasteiger partial charge in [-0.15, -0.1) is 0 Å². The number of primary amides is 1. The number of hydrogen-bond acceptors (Lipinski definition) is 10. The molecule has 1 aliphatic rings. The van der Waals surface area contributed by atoms with Gasteiger partial charge in [-0.3, -0.25) is 38.7 Å². The minimum atomic E-state index is -1.35. The summed E-state index contributed by atoms with van der Waals surface area (Å²) in [5.41, 5.74) is 3.47. The Labute approximate surface area is 297 Å². The molecule has 0 saturated carbocycles. The lowest BCUT2D eigenvalue weighted by atomic mass is 9.89. The fourth-order valence-electron chi connectivity index (χ4n) is 5.23. The standard InChI is InChI=1S/C34H42FN7O10/c1-20(2)29(39-26(44)8-4-3-5-16-41-27(45)13-14-28(41)46)25(43)17-22(7-6-15-37-32(36)49)30(47)38-23-11-9-21(10-12-23)19-52-34(51)42-18-24(35)31(48)40-33(42)50/h9-14,18,20,22,29H,3-8,15-17,19H2,1-2H3,(H,38,47)(H,39,44)(H3,36,37,49)(H,40,48,50)/t22-,29+/m1/s1. The first-order chi connectivity index (χ1) is 24.7. The maximum absolute atomic E-state index is 13.5. The van der Waals surface area contributed by atoms with Crippen LogP contribution in [0.25, 0.3) is 0 Å². The summed E-state index contributed by atoms with van der Waals surface area (Å²) in [5.74, 6) is -4.41. The molecule has 0 unspecified atom stereocenters. The number of aromatic nitrogens is 2. The van der Waals surface area contributed by atoms with Crippen LogP contribution in [0.3, 0.4) is 0 Å². The molecule has 18 heteroatoms. The second-order valence-electron chi connectivity index (χ2n) is 12.4. The number of nitrogens with two attached hydrogens (primary N) is 1. The number of carbonyl (C=O) groups is 7. The van der Waals surface area contributed by atoms with Crippen LogP contribution in [-0.4, -0.2) is 75.1 Å². The van der Waals surface area contributed by atoms with Gasteiger partial charge < -0.3 is 26.4 Å². The number of ketones is 1. The van der Waals surface area contributed by atoms with E-state index in [-0.39, 0.29) is 72.9 Å². The number of benzene rings is 1. The van der Waals surface area contributed by atoms with E-state index < -0.39 is 47.1 Å². The number of anilines is 1. The highest BCUT2D eigenvalue weighted by atomic mass is 19.1. The van der Waals surface area contributed by atoms with E-state index >= 15 is 0 Å². The summed E-state index contributed by atoms with van der Waals surface area (Å²) in [6, 6.07) is 4.44. The first-order valence-corrected chi connectivity index (χ1v) is 16.6. The minimum absolute atomic E-state index is 0.124. The minimum Gasteiger partial charge on any atom is -0.444 e. The van der Waals surface area contributed by atoms with E-state index in [9.17, 15) is 47.5 Å². The molecule has 2 atom stereocenters. The number of Topliss-reactive ketones (excluding diaryl/α,β-unsaturated/α-hetero) is 1. The Morgan fingerprint density at radius 1 is 0.942 bits per heavy atom. The van der Waals surface area contributed by atoms with E-state index in [0.717, 1.165) is 4.90 Å². The first-order valence-electron chi connectivity index (χ1n) is 16.6. The lowest BCUT2D eigenvalue weighted by molar-refractivity contribution is -0.137. The Morgan fingerprint density at radius 3 is 2.25 bits per heavy atom. The number of nitrogens with zero attached hydrogens (tertiary/aromatic N) is 2. The van der Waals surface area contributed by atoms with Gasteiger partial charge in [0, 0.05) is 49.7 Å². The van der Waals surface area contributed by atoms with Gasteiger partial charge >= 0.3 is 17.8 Å². The fraction of sp³-hybridized carbons (Fsp3) is 0.441. The van der Waals surface area contributed by atoms with Crippen molar-refractivity contribution in [2.75, 3.05) is 18.4 Å². The third-order valence-corrected chi connectivity index (χ3v) is 8.04. The maximum Gasteiger partial charge on any atom is 0.422 e.